The molecule has 1 fully saturated rings. The molecule has 1 saturated heterocycles. The third-order valence-electron chi connectivity index (χ3n) is 4.13. The molecule has 1 aliphatic rings. The molecular formula is C20H29NO6. The standard InChI is InChI=1S/C20H29NO6/c1-2-24-18(22)14-17(27-19-10-6-7-13-25-19)11-12-21-20(23)26-15-16-8-4-3-5-9-16/h3-5,8-9,17,19H,2,6-7,10-15H2,1H3,(H,21,23)/t17-,19?/m1/s1. The number of esters is 1. The number of carbonyl (C=O) groups is 2. The molecule has 1 aliphatic heterocycles. The van der Waals surface area contributed by atoms with Gasteiger partial charge in [0.05, 0.1) is 19.1 Å². The third-order valence-corrected chi connectivity index (χ3v) is 4.13. The first kappa shape index (κ1) is 21.2. The lowest BCUT2D eigenvalue weighted by atomic mass is 10.1. The van der Waals surface area contributed by atoms with Gasteiger partial charge in [0.15, 0.2) is 6.29 Å². The summed E-state index contributed by atoms with van der Waals surface area (Å²) in [5, 5.41) is 2.69. The zero-order valence-corrected chi connectivity index (χ0v) is 15.9. The fourth-order valence-electron chi connectivity index (χ4n) is 2.77. The van der Waals surface area contributed by atoms with Gasteiger partial charge >= 0.3 is 12.1 Å². The van der Waals surface area contributed by atoms with Crippen LogP contribution in [0.3, 0.4) is 0 Å². The van der Waals surface area contributed by atoms with E-state index in [2.05, 4.69) is 5.32 Å². The second-order valence-corrected chi connectivity index (χ2v) is 6.34. The summed E-state index contributed by atoms with van der Waals surface area (Å²) in [6.07, 6.45) is 2.31. The van der Waals surface area contributed by atoms with Gasteiger partial charge in [-0.25, -0.2) is 4.79 Å². The van der Waals surface area contributed by atoms with Crippen LogP contribution in [-0.2, 0) is 30.3 Å². The summed E-state index contributed by atoms with van der Waals surface area (Å²) in [5.74, 6) is -0.315. The molecule has 0 aliphatic carbocycles. The van der Waals surface area contributed by atoms with Crippen LogP contribution in [0, 0.1) is 0 Å². The van der Waals surface area contributed by atoms with Crippen LogP contribution < -0.4 is 5.32 Å². The van der Waals surface area contributed by atoms with Crippen LogP contribution in [-0.4, -0.2) is 44.2 Å². The number of amides is 1. The van der Waals surface area contributed by atoms with Gasteiger partial charge in [-0.1, -0.05) is 30.3 Å². The number of nitrogens with one attached hydrogen (secondary N) is 1. The van der Waals surface area contributed by atoms with Crippen molar-refractivity contribution in [1.29, 1.82) is 0 Å². The Bertz CT molecular complexity index is 559. The molecule has 0 spiro atoms. The van der Waals surface area contributed by atoms with Crippen LogP contribution in [0.1, 0.15) is 44.6 Å². The van der Waals surface area contributed by atoms with Crippen molar-refractivity contribution in [3.05, 3.63) is 35.9 Å². The van der Waals surface area contributed by atoms with Gasteiger partial charge in [0.25, 0.3) is 0 Å². The Morgan fingerprint density at radius 2 is 2.04 bits per heavy atom. The highest BCUT2D eigenvalue weighted by Crippen LogP contribution is 2.18. The largest absolute Gasteiger partial charge is 0.466 e. The minimum Gasteiger partial charge on any atom is -0.466 e. The van der Waals surface area contributed by atoms with Crippen LogP contribution in [0.25, 0.3) is 0 Å². The zero-order chi connectivity index (χ0) is 19.3. The molecule has 0 radical (unpaired) electrons. The predicted octanol–water partition coefficient (Wildman–Crippen LogP) is 3.17. The monoisotopic (exact) mass is 379 g/mol. The molecule has 27 heavy (non-hydrogen) atoms. The average molecular weight is 379 g/mol. The van der Waals surface area contributed by atoms with Gasteiger partial charge in [0.1, 0.15) is 6.61 Å². The molecule has 150 valence electrons. The van der Waals surface area contributed by atoms with Crippen LogP contribution >= 0.6 is 0 Å². The second-order valence-electron chi connectivity index (χ2n) is 6.34. The maximum atomic E-state index is 11.8. The van der Waals surface area contributed by atoms with Crippen LogP contribution in [0.2, 0.25) is 0 Å². The summed E-state index contributed by atoms with van der Waals surface area (Å²) in [5.41, 5.74) is 0.922. The van der Waals surface area contributed by atoms with Crippen molar-refractivity contribution in [2.45, 2.75) is 58.0 Å². The molecule has 1 aromatic carbocycles. The fraction of sp³-hybridized carbons (Fsp3) is 0.600. The number of ether oxygens (including phenoxy) is 4. The minimum atomic E-state index is -0.498. The van der Waals surface area contributed by atoms with Gasteiger partial charge in [-0.15, -0.1) is 0 Å². The lowest BCUT2D eigenvalue weighted by Gasteiger charge is -2.27. The molecule has 0 bridgehead atoms. The summed E-state index contributed by atoms with van der Waals surface area (Å²) < 4.78 is 21.7. The number of alkyl carbamates (subject to hydrolysis) is 1. The highest BCUT2D eigenvalue weighted by atomic mass is 16.7. The Morgan fingerprint density at radius 1 is 1.22 bits per heavy atom. The SMILES string of the molecule is CCOC(=O)C[C@@H](CCNC(=O)OCc1ccccc1)OC1CCCCO1. The van der Waals surface area contributed by atoms with Crippen molar-refractivity contribution >= 4 is 12.1 Å². The van der Waals surface area contributed by atoms with Gasteiger partial charge in [0.2, 0.25) is 0 Å². The van der Waals surface area contributed by atoms with Crippen LogP contribution in [0.4, 0.5) is 4.79 Å². The van der Waals surface area contributed by atoms with E-state index in [1.165, 1.54) is 0 Å². The van der Waals surface area contributed by atoms with E-state index in [0.717, 1.165) is 24.8 Å². The number of hydrogen-bond acceptors (Lipinski definition) is 6. The summed E-state index contributed by atoms with van der Waals surface area (Å²) >= 11 is 0. The number of hydrogen-bond donors (Lipinski definition) is 1. The Labute approximate surface area is 160 Å². The maximum Gasteiger partial charge on any atom is 0.407 e. The molecule has 1 aromatic rings. The summed E-state index contributed by atoms with van der Waals surface area (Å²) in [6.45, 7) is 3.31. The van der Waals surface area contributed by atoms with E-state index in [1.54, 1.807) is 6.92 Å². The van der Waals surface area contributed by atoms with Gasteiger partial charge in [0, 0.05) is 13.2 Å². The molecule has 7 nitrogen and oxygen atoms in total. The fourth-order valence-corrected chi connectivity index (χ4v) is 2.77. The molecule has 2 rings (SSSR count). The lowest BCUT2D eigenvalue weighted by molar-refractivity contribution is -0.193. The van der Waals surface area contributed by atoms with Crippen molar-refractivity contribution in [2.24, 2.45) is 0 Å². The van der Waals surface area contributed by atoms with E-state index in [1.807, 2.05) is 30.3 Å². The number of rotatable bonds is 10. The van der Waals surface area contributed by atoms with E-state index in [0.29, 0.717) is 26.2 Å². The first-order valence-electron chi connectivity index (χ1n) is 9.54. The summed E-state index contributed by atoms with van der Waals surface area (Å²) in [6, 6.07) is 9.47. The molecule has 1 N–H and O–H groups in total. The van der Waals surface area contributed by atoms with Crippen molar-refractivity contribution in [2.75, 3.05) is 19.8 Å². The van der Waals surface area contributed by atoms with Crippen LogP contribution in [0.15, 0.2) is 30.3 Å². The summed E-state index contributed by atoms with van der Waals surface area (Å²) in [7, 11) is 0. The van der Waals surface area contributed by atoms with Gasteiger partial charge < -0.3 is 24.3 Å². The Balaban J connectivity index is 1.72. The van der Waals surface area contributed by atoms with E-state index >= 15 is 0 Å². The van der Waals surface area contributed by atoms with Crippen LogP contribution in [0.5, 0.6) is 0 Å². The molecule has 1 heterocycles. The average Bonchev–Trinajstić information content (AvgIpc) is 2.68. The molecule has 2 atom stereocenters. The summed E-state index contributed by atoms with van der Waals surface area (Å²) in [4.78, 5) is 23.6. The van der Waals surface area contributed by atoms with Crippen molar-refractivity contribution in [3.8, 4) is 0 Å². The normalized spacial score (nSPS) is 17.7. The van der Waals surface area contributed by atoms with Crippen molar-refractivity contribution < 1.29 is 28.5 Å². The Morgan fingerprint density at radius 3 is 2.74 bits per heavy atom. The quantitative estimate of drug-likeness (QED) is 0.629. The molecule has 7 heteroatoms. The highest BCUT2D eigenvalue weighted by Gasteiger charge is 2.22. The number of carbonyl (C=O) groups excluding carboxylic acids is 2. The maximum absolute atomic E-state index is 11.8. The molecule has 1 unspecified atom stereocenters. The van der Waals surface area contributed by atoms with Crippen molar-refractivity contribution in [1.82, 2.24) is 5.32 Å². The molecular weight excluding hydrogens is 350 g/mol. The minimum absolute atomic E-state index is 0.133. The zero-order valence-electron chi connectivity index (χ0n) is 15.9. The van der Waals surface area contributed by atoms with E-state index in [-0.39, 0.29) is 31.4 Å². The first-order chi connectivity index (χ1) is 13.2. The number of benzene rings is 1. The first-order valence-corrected chi connectivity index (χ1v) is 9.54. The molecule has 0 saturated carbocycles. The van der Waals surface area contributed by atoms with E-state index in [4.69, 9.17) is 18.9 Å². The Kier molecular flexibility index (Phi) is 9.65. The third kappa shape index (κ3) is 8.88. The lowest BCUT2D eigenvalue weighted by Crippen LogP contribution is -2.33. The second kappa shape index (κ2) is 12.3. The smallest absolute Gasteiger partial charge is 0.407 e. The van der Waals surface area contributed by atoms with Gasteiger partial charge in [-0.05, 0) is 38.2 Å². The molecule has 0 aromatic heterocycles. The van der Waals surface area contributed by atoms with E-state index < -0.39 is 6.09 Å². The van der Waals surface area contributed by atoms with Crippen molar-refractivity contribution in [3.63, 3.8) is 0 Å². The van der Waals surface area contributed by atoms with Gasteiger partial charge in [-0.2, -0.15) is 0 Å². The Hall–Kier alpha value is -2.12. The topological polar surface area (TPSA) is 83.1 Å². The highest BCUT2D eigenvalue weighted by molar-refractivity contribution is 5.70. The predicted molar refractivity (Wildman–Crippen MR) is 99.0 cm³/mol. The van der Waals surface area contributed by atoms with Gasteiger partial charge in [-0.3, -0.25) is 4.79 Å². The molecule has 1 amide bonds. The van der Waals surface area contributed by atoms with E-state index in [9.17, 15) is 9.59 Å².